The Kier molecular flexibility index (Phi) is 9.04. The van der Waals surface area contributed by atoms with Gasteiger partial charge in [0.15, 0.2) is 5.13 Å². The molecular formula is C22H23Cl4N3O2S. The van der Waals surface area contributed by atoms with Crippen LogP contribution in [0, 0.1) is 6.92 Å². The molecule has 1 amide bonds. The number of ether oxygens (including phenoxy) is 1. The van der Waals surface area contributed by atoms with Crippen LogP contribution in [-0.4, -0.2) is 55.2 Å². The SMILES string of the molecule is Cc1cc(Cl)cc2sc(N(CCCN3CCOCC3)C(=O)c3ccc(Cl)cc3Cl)nc12.Cl. The number of carbonyl (C=O) groups excluding carboxylic acids is 1. The molecule has 10 heteroatoms. The predicted molar refractivity (Wildman–Crippen MR) is 137 cm³/mol. The van der Waals surface area contributed by atoms with Crippen LogP contribution in [-0.2, 0) is 4.74 Å². The highest BCUT2D eigenvalue weighted by atomic mass is 35.5. The van der Waals surface area contributed by atoms with Crippen LogP contribution in [0.25, 0.3) is 10.2 Å². The molecule has 32 heavy (non-hydrogen) atoms. The molecular weight excluding hydrogens is 512 g/mol. The summed E-state index contributed by atoms with van der Waals surface area (Å²) in [7, 11) is 0. The van der Waals surface area contributed by atoms with Gasteiger partial charge in [0, 0.05) is 36.2 Å². The third-order valence-electron chi connectivity index (χ3n) is 5.24. The molecule has 1 aromatic heterocycles. The summed E-state index contributed by atoms with van der Waals surface area (Å²) >= 11 is 20.1. The lowest BCUT2D eigenvalue weighted by Crippen LogP contribution is -2.39. The van der Waals surface area contributed by atoms with Crippen molar-refractivity contribution in [3.63, 3.8) is 0 Å². The van der Waals surface area contributed by atoms with Gasteiger partial charge in [-0.1, -0.05) is 46.1 Å². The number of benzene rings is 2. The highest BCUT2D eigenvalue weighted by Crippen LogP contribution is 2.34. The van der Waals surface area contributed by atoms with Gasteiger partial charge in [-0.3, -0.25) is 14.6 Å². The average Bonchev–Trinajstić information content (AvgIpc) is 3.15. The molecule has 0 radical (unpaired) electrons. The predicted octanol–water partition coefficient (Wildman–Crippen LogP) is 6.36. The van der Waals surface area contributed by atoms with Gasteiger partial charge in [0.05, 0.1) is 34.0 Å². The van der Waals surface area contributed by atoms with Gasteiger partial charge in [0.2, 0.25) is 0 Å². The highest BCUT2D eigenvalue weighted by molar-refractivity contribution is 7.22. The Morgan fingerprint density at radius 1 is 1.16 bits per heavy atom. The van der Waals surface area contributed by atoms with E-state index in [1.54, 1.807) is 23.1 Å². The number of thiazole rings is 1. The van der Waals surface area contributed by atoms with Crippen LogP contribution in [0.2, 0.25) is 15.1 Å². The van der Waals surface area contributed by atoms with Gasteiger partial charge in [-0.05, 0) is 49.2 Å². The van der Waals surface area contributed by atoms with Crippen LogP contribution in [0.15, 0.2) is 30.3 Å². The third-order valence-corrected chi connectivity index (χ3v) is 7.03. The summed E-state index contributed by atoms with van der Waals surface area (Å²) < 4.78 is 6.37. The number of aromatic nitrogens is 1. The number of aryl methyl sites for hydroxylation is 1. The number of fused-ring (bicyclic) bond motifs is 1. The largest absolute Gasteiger partial charge is 0.379 e. The van der Waals surface area contributed by atoms with Gasteiger partial charge < -0.3 is 4.74 Å². The topological polar surface area (TPSA) is 45.7 Å². The first kappa shape index (κ1) is 25.5. The average molecular weight is 535 g/mol. The van der Waals surface area contributed by atoms with Gasteiger partial charge in [-0.2, -0.15) is 0 Å². The monoisotopic (exact) mass is 533 g/mol. The van der Waals surface area contributed by atoms with E-state index >= 15 is 0 Å². The Hall–Kier alpha value is -1.12. The van der Waals surface area contributed by atoms with Crippen molar-refractivity contribution >= 4 is 79.8 Å². The van der Waals surface area contributed by atoms with Crippen LogP contribution >= 0.6 is 58.5 Å². The van der Waals surface area contributed by atoms with E-state index in [0.717, 1.165) is 55.0 Å². The molecule has 1 aliphatic heterocycles. The van der Waals surface area contributed by atoms with E-state index in [0.29, 0.717) is 32.3 Å². The second-order valence-electron chi connectivity index (χ2n) is 7.45. The molecule has 4 rings (SSSR count). The molecule has 1 saturated heterocycles. The molecule has 0 aliphatic carbocycles. The minimum Gasteiger partial charge on any atom is -0.379 e. The molecule has 2 aromatic carbocycles. The molecule has 0 N–H and O–H groups in total. The number of anilines is 1. The van der Waals surface area contributed by atoms with E-state index in [4.69, 9.17) is 44.5 Å². The zero-order valence-electron chi connectivity index (χ0n) is 17.4. The molecule has 172 valence electrons. The van der Waals surface area contributed by atoms with Crippen molar-refractivity contribution in [3.8, 4) is 0 Å². The van der Waals surface area contributed by atoms with Crippen LogP contribution in [0.1, 0.15) is 22.3 Å². The fraction of sp³-hybridized carbons (Fsp3) is 0.364. The van der Waals surface area contributed by atoms with Gasteiger partial charge in [-0.25, -0.2) is 4.98 Å². The number of halogens is 4. The molecule has 0 spiro atoms. The Labute approximate surface area is 212 Å². The number of hydrogen-bond acceptors (Lipinski definition) is 5. The van der Waals surface area contributed by atoms with E-state index in [1.807, 2.05) is 19.1 Å². The van der Waals surface area contributed by atoms with E-state index in [2.05, 4.69) is 4.90 Å². The van der Waals surface area contributed by atoms with Gasteiger partial charge >= 0.3 is 0 Å². The quantitative estimate of drug-likeness (QED) is 0.369. The summed E-state index contributed by atoms with van der Waals surface area (Å²) in [4.78, 5) is 22.3. The highest BCUT2D eigenvalue weighted by Gasteiger charge is 2.24. The maximum atomic E-state index is 13.5. The Balaban J connectivity index is 0.00000289. The van der Waals surface area contributed by atoms with Crippen molar-refractivity contribution < 1.29 is 9.53 Å². The first-order chi connectivity index (χ1) is 14.9. The van der Waals surface area contributed by atoms with E-state index in [1.165, 1.54) is 11.3 Å². The summed E-state index contributed by atoms with van der Waals surface area (Å²) in [6.07, 6.45) is 0.812. The first-order valence-corrected chi connectivity index (χ1v) is 12.0. The maximum Gasteiger partial charge on any atom is 0.261 e. The lowest BCUT2D eigenvalue weighted by Gasteiger charge is -2.27. The molecule has 1 aliphatic rings. The smallest absolute Gasteiger partial charge is 0.261 e. The molecule has 3 aromatic rings. The van der Waals surface area contributed by atoms with Crippen molar-refractivity contribution in [2.24, 2.45) is 0 Å². The fourth-order valence-electron chi connectivity index (χ4n) is 3.63. The van der Waals surface area contributed by atoms with Crippen LogP contribution in [0.3, 0.4) is 0 Å². The van der Waals surface area contributed by atoms with Crippen molar-refractivity contribution in [2.45, 2.75) is 13.3 Å². The Bertz CT molecular complexity index is 1100. The molecule has 0 atom stereocenters. The molecule has 0 saturated carbocycles. The number of rotatable bonds is 6. The number of amides is 1. The first-order valence-electron chi connectivity index (χ1n) is 10.1. The molecule has 2 heterocycles. The number of hydrogen-bond donors (Lipinski definition) is 0. The zero-order valence-corrected chi connectivity index (χ0v) is 21.3. The summed E-state index contributed by atoms with van der Waals surface area (Å²) in [5.74, 6) is -0.188. The lowest BCUT2D eigenvalue weighted by molar-refractivity contribution is 0.0376. The van der Waals surface area contributed by atoms with Crippen molar-refractivity contribution in [3.05, 3.63) is 56.5 Å². The standard InChI is InChI=1S/C22H22Cl3N3O2S.ClH/c1-14-11-16(24)13-19-20(14)26-22(31-19)28(6-2-5-27-7-9-30-10-8-27)21(29)17-4-3-15(23)12-18(17)25;/h3-4,11-13H,2,5-10H2,1H3;1H. The Morgan fingerprint density at radius 2 is 1.91 bits per heavy atom. The Morgan fingerprint density at radius 3 is 2.62 bits per heavy atom. The van der Waals surface area contributed by atoms with Crippen molar-refractivity contribution in [1.82, 2.24) is 9.88 Å². The van der Waals surface area contributed by atoms with Crippen LogP contribution in [0.4, 0.5) is 5.13 Å². The summed E-state index contributed by atoms with van der Waals surface area (Å²) in [6.45, 7) is 6.71. The third kappa shape index (κ3) is 5.86. The number of morpholine rings is 1. The minimum absolute atomic E-state index is 0. The van der Waals surface area contributed by atoms with E-state index in [-0.39, 0.29) is 18.3 Å². The van der Waals surface area contributed by atoms with Gasteiger partial charge in [-0.15, -0.1) is 12.4 Å². The minimum atomic E-state index is -0.188. The summed E-state index contributed by atoms with van der Waals surface area (Å²) in [5, 5.41) is 2.12. The second-order valence-corrected chi connectivity index (χ2v) is 9.74. The summed E-state index contributed by atoms with van der Waals surface area (Å²) in [6, 6.07) is 8.70. The summed E-state index contributed by atoms with van der Waals surface area (Å²) in [5.41, 5.74) is 2.25. The zero-order chi connectivity index (χ0) is 22.0. The van der Waals surface area contributed by atoms with E-state index in [9.17, 15) is 4.79 Å². The van der Waals surface area contributed by atoms with Crippen LogP contribution < -0.4 is 4.90 Å². The number of nitrogens with zero attached hydrogens (tertiary/aromatic N) is 3. The van der Waals surface area contributed by atoms with Gasteiger partial charge in [0.1, 0.15) is 0 Å². The number of carbonyl (C=O) groups is 1. The second kappa shape index (κ2) is 11.3. The maximum absolute atomic E-state index is 13.5. The normalized spacial score (nSPS) is 14.4. The van der Waals surface area contributed by atoms with Crippen LogP contribution in [0.5, 0.6) is 0 Å². The van der Waals surface area contributed by atoms with Crippen molar-refractivity contribution in [1.29, 1.82) is 0 Å². The fourth-order valence-corrected chi connectivity index (χ4v) is 5.56. The van der Waals surface area contributed by atoms with Crippen molar-refractivity contribution in [2.75, 3.05) is 44.3 Å². The molecule has 1 fully saturated rings. The van der Waals surface area contributed by atoms with E-state index < -0.39 is 0 Å². The molecule has 5 nitrogen and oxygen atoms in total. The lowest BCUT2D eigenvalue weighted by atomic mass is 10.2. The molecule has 0 unspecified atom stereocenters. The molecule has 0 bridgehead atoms. The van der Waals surface area contributed by atoms with Gasteiger partial charge in [0.25, 0.3) is 5.91 Å².